The summed E-state index contributed by atoms with van der Waals surface area (Å²) >= 11 is 1.65. The minimum Gasteiger partial charge on any atom is -0.381 e. The number of benzene rings is 1. The number of aromatic nitrogens is 3. The molecule has 0 atom stereocenters. The van der Waals surface area contributed by atoms with E-state index in [2.05, 4.69) is 44.8 Å². The predicted octanol–water partition coefficient (Wildman–Crippen LogP) is 3.45. The normalized spacial score (nSPS) is 10.6. The van der Waals surface area contributed by atoms with Gasteiger partial charge in [0.1, 0.15) is 5.01 Å². The Kier molecular flexibility index (Phi) is 3.29. The van der Waals surface area contributed by atoms with E-state index >= 15 is 0 Å². The summed E-state index contributed by atoms with van der Waals surface area (Å²) < 4.78 is 0. The molecule has 2 heterocycles. The molecular weight excluding hydrogens is 256 g/mol. The van der Waals surface area contributed by atoms with Crippen LogP contribution < -0.4 is 5.32 Å². The molecule has 0 saturated heterocycles. The molecule has 2 N–H and O–H groups in total. The number of aryl methyl sites for hydroxylation is 1. The molecule has 0 bridgehead atoms. The van der Waals surface area contributed by atoms with Crippen molar-refractivity contribution >= 4 is 17.0 Å². The first kappa shape index (κ1) is 11.9. The number of anilines is 1. The fourth-order valence-corrected chi connectivity index (χ4v) is 2.49. The molecule has 0 radical (unpaired) electrons. The lowest BCUT2D eigenvalue weighted by molar-refractivity contribution is 1.04. The Morgan fingerprint density at radius 2 is 2.11 bits per heavy atom. The minimum atomic E-state index is 0.777. The highest BCUT2D eigenvalue weighted by Crippen LogP contribution is 2.23. The summed E-state index contributed by atoms with van der Waals surface area (Å²) in [4.78, 5) is 4.30. The molecule has 3 aromatic rings. The van der Waals surface area contributed by atoms with Gasteiger partial charge in [0.25, 0.3) is 0 Å². The smallest absolute Gasteiger partial charge is 0.123 e. The highest BCUT2D eigenvalue weighted by atomic mass is 32.1. The van der Waals surface area contributed by atoms with Gasteiger partial charge in [-0.3, -0.25) is 5.10 Å². The summed E-state index contributed by atoms with van der Waals surface area (Å²) in [6.45, 7) is 2.80. The van der Waals surface area contributed by atoms with Crippen LogP contribution in [0.5, 0.6) is 0 Å². The van der Waals surface area contributed by atoms with E-state index in [0.29, 0.717) is 0 Å². The predicted molar refractivity (Wildman–Crippen MR) is 78.2 cm³/mol. The topological polar surface area (TPSA) is 53.6 Å². The average molecular weight is 270 g/mol. The maximum absolute atomic E-state index is 4.30. The van der Waals surface area contributed by atoms with Crippen molar-refractivity contribution in [3.63, 3.8) is 0 Å². The summed E-state index contributed by atoms with van der Waals surface area (Å²) in [7, 11) is 0. The van der Waals surface area contributed by atoms with Gasteiger partial charge >= 0.3 is 0 Å². The first-order chi connectivity index (χ1) is 9.33. The fraction of sp³-hybridized carbons (Fsp3) is 0.143. The molecule has 4 nitrogen and oxygen atoms in total. The molecule has 19 heavy (non-hydrogen) atoms. The van der Waals surface area contributed by atoms with Gasteiger partial charge in [-0.1, -0.05) is 0 Å². The molecule has 3 rings (SSSR count). The van der Waals surface area contributed by atoms with Crippen molar-refractivity contribution < 1.29 is 0 Å². The van der Waals surface area contributed by atoms with Crippen molar-refractivity contribution in [3.05, 3.63) is 53.3 Å². The first-order valence-corrected chi connectivity index (χ1v) is 6.93. The quantitative estimate of drug-likeness (QED) is 0.763. The van der Waals surface area contributed by atoms with Crippen LogP contribution in [0.2, 0.25) is 0 Å². The van der Waals surface area contributed by atoms with Gasteiger partial charge < -0.3 is 5.32 Å². The Bertz CT molecular complexity index is 640. The Morgan fingerprint density at radius 3 is 2.74 bits per heavy atom. The molecule has 0 aliphatic rings. The summed E-state index contributed by atoms with van der Waals surface area (Å²) in [6, 6.07) is 8.32. The lowest BCUT2D eigenvalue weighted by Gasteiger charge is -2.06. The van der Waals surface area contributed by atoms with E-state index in [-0.39, 0.29) is 0 Å². The number of aromatic amines is 1. The van der Waals surface area contributed by atoms with Gasteiger partial charge in [-0.05, 0) is 31.2 Å². The third kappa shape index (κ3) is 2.66. The van der Waals surface area contributed by atoms with Crippen molar-refractivity contribution in [2.75, 3.05) is 5.32 Å². The van der Waals surface area contributed by atoms with Crippen molar-refractivity contribution in [2.45, 2.75) is 13.5 Å². The molecular formula is C14H14N4S. The zero-order valence-corrected chi connectivity index (χ0v) is 11.4. The molecule has 0 aliphatic carbocycles. The van der Waals surface area contributed by atoms with Crippen LogP contribution in [0.15, 0.2) is 42.0 Å². The number of nitrogens with zero attached hydrogens (tertiary/aromatic N) is 2. The van der Waals surface area contributed by atoms with Crippen LogP contribution in [-0.4, -0.2) is 15.2 Å². The summed E-state index contributed by atoms with van der Waals surface area (Å²) in [5.41, 5.74) is 4.54. The summed E-state index contributed by atoms with van der Waals surface area (Å²) in [5.74, 6) is 0. The van der Waals surface area contributed by atoms with Crippen LogP contribution in [0, 0.1) is 6.92 Å². The van der Waals surface area contributed by atoms with E-state index in [9.17, 15) is 0 Å². The number of thiazole rings is 1. The molecule has 0 fully saturated rings. The number of hydrogen-bond donors (Lipinski definition) is 2. The third-order valence-corrected chi connectivity index (χ3v) is 3.80. The summed E-state index contributed by atoms with van der Waals surface area (Å²) in [6.07, 6.45) is 3.68. The molecule has 1 aromatic carbocycles. The van der Waals surface area contributed by atoms with Crippen molar-refractivity contribution in [1.82, 2.24) is 15.2 Å². The number of rotatable bonds is 4. The second-order valence-corrected chi connectivity index (χ2v) is 5.18. The van der Waals surface area contributed by atoms with Crippen LogP contribution >= 0.6 is 11.3 Å². The van der Waals surface area contributed by atoms with E-state index in [4.69, 9.17) is 0 Å². The van der Waals surface area contributed by atoms with Gasteiger partial charge in [-0.2, -0.15) is 5.10 Å². The Morgan fingerprint density at radius 1 is 1.26 bits per heavy atom. The highest BCUT2D eigenvalue weighted by Gasteiger charge is 2.02. The zero-order chi connectivity index (χ0) is 13.1. The average Bonchev–Trinajstić information content (AvgIpc) is 3.09. The van der Waals surface area contributed by atoms with Crippen LogP contribution in [0.3, 0.4) is 0 Å². The molecule has 0 spiro atoms. The molecule has 2 aromatic heterocycles. The van der Waals surface area contributed by atoms with Crippen LogP contribution in [0.25, 0.3) is 10.6 Å². The SMILES string of the molecule is Cc1[nH]ncc1CNc1ccc(-c2nccs2)cc1. The van der Waals surface area contributed by atoms with Gasteiger partial charge in [0.2, 0.25) is 0 Å². The van der Waals surface area contributed by atoms with E-state index in [1.54, 1.807) is 11.3 Å². The van der Waals surface area contributed by atoms with Gasteiger partial charge in [0.15, 0.2) is 0 Å². The second kappa shape index (κ2) is 5.24. The van der Waals surface area contributed by atoms with Gasteiger partial charge in [-0.15, -0.1) is 11.3 Å². The molecule has 0 unspecified atom stereocenters. The summed E-state index contributed by atoms with van der Waals surface area (Å²) in [5, 5.41) is 13.4. The van der Waals surface area contributed by atoms with Crippen LogP contribution in [0.4, 0.5) is 5.69 Å². The maximum atomic E-state index is 4.30. The minimum absolute atomic E-state index is 0.777. The standard InChI is InChI=1S/C14H14N4S/c1-10-12(9-17-18-10)8-16-13-4-2-11(3-5-13)14-15-6-7-19-14/h2-7,9,16H,8H2,1H3,(H,17,18). The van der Waals surface area contributed by atoms with Gasteiger partial charge in [0.05, 0.1) is 6.20 Å². The van der Waals surface area contributed by atoms with Crippen LogP contribution in [0.1, 0.15) is 11.3 Å². The van der Waals surface area contributed by atoms with Crippen molar-refractivity contribution in [3.8, 4) is 10.6 Å². The van der Waals surface area contributed by atoms with E-state index in [1.807, 2.05) is 24.7 Å². The molecule has 96 valence electrons. The highest BCUT2D eigenvalue weighted by molar-refractivity contribution is 7.13. The molecule has 5 heteroatoms. The van der Waals surface area contributed by atoms with E-state index < -0.39 is 0 Å². The number of nitrogens with one attached hydrogen (secondary N) is 2. The monoisotopic (exact) mass is 270 g/mol. The Balaban J connectivity index is 1.68. The third-order valence-electron chi connectivity index (χ3n) is 2.98. The van der Waals surface area contributed by atoms with E-state index in [1.165, 1.54) is 5.56 Å². The molecule has 0 aliphatic heterocycles. The maximum Gasteiger partial charge on any atom is 0.123 e. The molecule has 0 saturated carbocycles. The van der Waals surface area contributed by atoms with Crippen molar-refractivity contribution in [2.24, 2.45) is 0 Å². The largest absolute Gasteiger partial charge is 0.381 e. The molecule has 0 amide bonds. The van der Waals surface area contributed by atoms with Crippen LogP contribution in [-0.2, 0) is 6.54 Å². The number of H-pyrrole nitrogens is 1. The Hall–Kier alpha value is -2.14. The van der Waals surface area contributed by atoms with Gasteiger partial charge in [-0.25, -0.2) is 4.98 Å². The lowest BCUT2D eigenvalue weighted by Crippen LogP contribution is -1.99. The number of hydrogen-bond acceptors (Lipinski definition) is 4. The van der Waals surface area contributed by atoms with Gasteiger partial charge in [0, 0.05) is 40.6 Å². The second-order valence-electron chi connectivity index (χ2n) is 4.29. The van der Waals surface area contributed by atoms with E-state index in [0.717, 1.165) is 28.5 Å². The Labute approximate surface area is 115 Å². The fourth-order valence-electron chi connectivity index (χ4n) is 1.85. The zero-order valence-electron chi connectivity index (χ0n) is 10.6. The lowest BCUT2D eigenvalue weighted by atomic mass is 10.2. The van der Waals surface area contributed by atoms with Crippen molar-refractivity contribution in [1.29, 1.82) is 0 Å². The first-order valence-electron chi connectivity index (χ1n) is 6.05.